The summed E-state index contributed by atoms with van der Waals surface area (Å²) in [5, 5.41) is 0. The molecule has 0 spiro atoms. The van der Waals surface area contributed by atoms with Crippen molar-refractivity contribution in [3.8, 4) is 0 Å². The topological polar surface area (TPSA) is 36.1 Å². The van der Waals surface area contributed by atoms with E-state index in [-0.39, 0.29) is 5.91 Å². The zero-order valence-corrected chi connectivity index (χ0v) is 14.3. The van der Waals surface area contributed by atoms with Crippen molar-refractivity contribution in [2.24, 2.45) is 0 Å². The molecular weight excluding hydrogens is 340 g/mol. The molecule has 22 heavy (non-hydrogen) atoms. The van der Waals surface area contributed by atoms with Gasteiger partial charge in [-0.3, -0.25) is 4.79 Å². The van der Waals surface area contributed by atoms with Crippen molar-refractivity contribution in [1.82, 2.24) is 9.88 Å². The second-order valence-electron chi connectivity index (χ2n) is 5.87. The Hall–Kier alpha value is -1.55. The Morgan fingerprint density at radius 1 is 1.41 bits per heavy atom. The molecule has 0 radical (unpaired) electrons. The zero-order valence-electron chi connectivity index (χ0n) is 12.8. The Bertz CT molecular complexity index is 638. The van der Waals surface area contributed by atoms with Crippen LogP contribution in [0.15, 0.2) is 47.1 Å². The van der Waals surface area contributed by atoms with E-state index in [1.807, 2.05) is 18.3 Å². The van der Waals surface area contributed by atoms with Gasteiger partial charge < -0.3 is 9.88 Å². The Labute approximate surface area is 139 Å². The summed E-state index contributed by atoms with van der Waals surface area (Å²) in [5.74, 6) is 0.522. The molecule has 0 aliphatic carbocycles. The van der Waals surface area contributed by atoms with Crippen LogP contribution in [0.25, 0.3) is 0 Å². The van der Waals surface area contributed by atoms with Gasteiger partial charge in [-0.05, 0) is 46.8 Å². The first-order chi connectivity index (χ1) is 10.7. The molecule has 0 unspecified atom stereocenters. The molecule has 2 heterocycles. The summed E-state index contributed by atoms with van der Waals surface area (Å²) in [7, 11) is 0. The minimum Gasteiger partial charge on any atom is -0.356 e. The van der Waals surface area contributed by atoms with E-state index < -0.39 is 0 Å². The largest absolute Gasteiger partial charge is 0.356 e. The van der Waals surface area contributed by atoms with Crippen LogP contribution in [0, 0.1) is 0 Å². The fourth-order valence-corrected chi connectivity index (χ4v) is 3.88. The third-order valence-electron chi connectivity index (χ3n) is 4.57. The summed E-state index contributed by atoms with van der Waals surface area (Å²) in [4.78, 5) is 17.9. The standard InChI is InChI=1S/C18H21BrN2O/c1-2-15(13-7-4-3-5-8-13)17-9-6-10-21(17)18(22)16-11-14(19)12-20-16/h3-5,7-8,11-12,15,17,20H,2,6,9-10H2,1H3/t15-,17+/m1/s1. The highest BCUT2D eigenvalue weighted by Gasteiger charge is 2.35. The van der Waals surface area contributed by atoms with Gasteiger partial charge in [0.2, 0.25) is 0 Å². The molecule has 2 atom stereocenters. The molecule has 2 aromatic rings. The van der Waals surface area contributed by atoms with Crippen molar-refractivity contribution in [2.75, 3.05) is 6.54 Å². The molecule has 1 N–H and O–H groups in total. The lowest BCUT2D eigenvalue weighted by Gasteiger charge is -2.31. The third-order valence-corrected chi connectivity index (χ3v) is 5.03. The van der Waals surface area contributed by atoms with E-state index >= 15 is 0 Å². The monoisotopic (exact) mass is 360 g/mol. The first-order valence-electron chi connectivity index (χ1n) is 7.90. The van der Waals surface area contributed by atoms with Crippen LogP contribution < -0.4 is 0 Å². The number of likely N-dealkylation sites (tertiary alicyclic amines) is 1. The van der Waals surface area contributed by atoms with Crippen molar-refractivity contribution in [3.05, 3.63) is 58.3 Å². The first kappa shape index (κ1) is 15.3. The van der Waals surface area contributed by atoms with Crippen LogP contribution in [-0.2, 0) is 0 Å². The Balaban J connectivity index is 1.84. The van der Waals surface area contributed by atoms with E-state index in [4.69, 9.17) is 0 Å². The van der Waals surface area contributed by atoms with Gasteiger partial charge in [-0.25, -0.2) is 0 Å². The molecule has 4 heteroatoms. The van der Waals surface area contributed by atoms with E-state index in [1.54, 1.807) is 0 Å². The average Bonchev–Trinajstić information content (AvgIpc) is 3.18. The average molecular weight is 361 g/mol. The van der Waals surface area contributed by atoms with E-state index in [1.165, 1.54) is 5.56 Å². The lowest BCUT2D eigenvalue weighted by Crippen LogP contribution is -2.39. The summed E-state index contributed by atoms with van der Waals surface area (Å²) in [6.07, 6.45) is 5.03. The molecule has 1 amide bonds. The summed E-state index contributed by atoms with van der Waals surface area (Å²) < 4.78 is 0.918. The number of benzene rings is 1. The molecule has 3 rings (SSSR count). The molecule has 0 bridgehead atoms. The molecular formula is C18H21BrN2O. The Morgan fingerprint density at radius 3 is 2.82 bits per heavy atom. The van der Waals surface area contributed by atoms with E-state index in [0.29, 0.717) is 17.7 Å². The maximum Gasteiger partial charge on any atom is 0.270 e. The maximum atomic E-state index is 12.8. The minimum absolute atomic E-state index is 0.114. The maximum absolute atomic E-state index is 12.8. The number of hydrogen-bond acceptors (Lipinski definition) is 1. The van der Waals surface area contributed by atoms with Crippen LogP contribution >= 0.6 is 15.9 Å². The van der Waals surface area contributed by atoms with Gasteiger partial charge in [-0.1, -0.05) is 37.3 Å². The normalized spacial score (nSPS) is 19.4. The zero-order chi connectivity index (χ0) is 15.5. The number of nitrogens with zero attached hydrogens (tertiary/aromatic N) is 1. The number of aromatic nitrogens is 1. The van der Waals surface area contributed by atoms with Crippen LogP contribution in [0.3, 0.4) is 0 Å². The predicted octanol–water partition coefficient (Wildman–Crippen LogP) is 4.58. The first-order valence-corrected chi connectivity index (χ1v) is 8.70. The van der Waals surface area contributed by atoms with Crippen molar-refractivity contribution in [2.45, 2.75) is 38.1 Å². The third kappa shape index (κ3) is 2.98. The van der Waals surface area contributed by atoms with Gasteiger partial charge in [0.05, 0.1) is 0 Å². The van der Waals surface area contributed by atoms with Crippen molar-refractivity contribution in [3.63, 3.8) is 0 Å². The van der Waals surface area contributed by atoms with Gasteiger partial charge >= 0.3 is 0 Å². The summed E-state index contributed by atoms with van der Waals surface area (Å²) in [5.41, 5.74) is 2.00. The summed E-state index contributed by atoms with van der Waals surface area (Å²) in [6, 6.07) is 12.7. The fraction of sp³-hybridized carbons (Fsp3) is 0.389. The molecule has 1 fully saturated rings. The molecule has 1 aromatic carbocycles. The highest BCUT2D eigenvalue weighted by Crippen LogP contribution is 2.34. The smallest absolute Gasteiger partial charge is 0.270 e. The van der Waals surface area contributed by atoms with Gasteiger partial charge in [0.1, 0.15) is 5.69 Å². The molecule has 1 aliphatic heterocycles. The molecule has 1 aromatic heterocycles. The van der Waals surface area contributed by atoms with Gasteiger partial charge in [0.15, 0.2) is 0 Å². The number of H-pyrrole nitrogens is 1. The van der Waals surface area contributed by atoms with Gasteiger partial charge in [0, 0.05) is 29.2 Å². The number of nitrogens with one attached hydrogen (secondary N) is 1. The lowest BCUT2D eigenvalue weighted by molar-refractivity contribution is 0.0709. The van der Waals surface area contributed by atoms with Crippen molar-refractivity contribution in [1.29, 1.82) is 0 Å². The van der Waals surface area contributed by atoms with Crippen LogP contribution in [-0.4, -0.2) is 28.4 Å². The number of halogens is 1. The number of carbonyl (C=O) groups excluding carboxylic acids is 1. The van der Waals surface area contributed by atoms with Crippen LogP contribution in [0.4, 0.5) is 0 Å². The van der Waals surface area contributed by atoms with Crippen LogP contribution in [0.2, 0.25) is 0 Å². The SMILES string of the molecule is CC[C@H](c1ccccc1)[C@@H]1CCCN1C(=O)c1cc(Br)c[nH]1. The predicted molar refractivity (Wildman–Crippen MR) is 92.0 cm³/mol. The van der Waals surface area contributed by atoms with Crippen molar-refractivity contribution >= 4 is 21.8 Å². The number of rotatable bonds is 4. The quantitative estimate of drug-likeness (QED) is 0.851. The molecule has 0 saturated carbocycles. The van der Waals surface area contributed by atoms with E-state index in [2.05, 4.69) is 57.0 Å². The highest BCUT2D eigenvalue weighted by atomic mass is 79.9. The van der Waals surface area contributed by atoms with Gasteiger partial charge in [-0.15, -0.1) is 0 Å². The Morgan fingerprint density at radius 2 is 2.18 bits per heavy atom. The summed E-state index contributed by atoms with van der Waals surface area (Å²) >= 11 is 3.40. The number of amides is 1. The lowest BCUT2D eigenvalue weighted by atomic mass is 9.87. The number of aromatic amines is 1. The van der Waals surface area contributed by atoms with E-state index in [9.17, 15) is 4.79 Å². The second-order valence-corrected chi connectivity index (χ2v) is 6.78. The Kier molecular flexibility index (Phi) is 4.67. The molecule has 116 valence electrons. The van der Waals surface area contributed by atoms with Crippen LogP contribution in [0.5, 0.6) is 0 Å². The van der Waals surface area contributed by atoms with Crippen molar-refractivity contribution < 1.29 is 4.79 Å². The van der Waals surface area contributed by atoms with Gasteiger partial charge in [-0.2, -0.15) is 0 Å². The number of carbonyl (C=O) groups is 1. The second kappa shape index (κ2) is 6.69. The fourth-order valence-electron chi connectivity index (χ4n) is 3.54. The summed E-state index contributed by atoms with van der Waals surface area (Å²) in [6.45, 7) is 3.06. The molecule has 3 nitrogen and oxygen atoms in total. The highest BCUT2D eigenvalue weighted by molar-refractivity contribution is 9.10. The minimum atomic E-state index is 0.114. The number of hydrogen-bond donors (Lipinski definition) is 1. The van der Waals surface area contributed by atoms with Crippen LogP contribution in [0.1, 0.15) is 48.2 Å². The van der Waals surface area contributed by atoms with E-state index in [0.717, 1.165) is 30.3 Å². The van der Waals surface area contributed by atoms with Gasteiger partial charge in [0.25, 0.3) is 5.91 Å². The molecule has 1 saturated heterocycles. The molecule has 1 aliphatic rings.